The Morgan fingerprint density at radius 1 is 1.38 bits per heavy atom. The first-order valence-electron chi connectivity index (χ1n) is 6.72. The molecule has 0 fully saturated rings. The second-order valence-electron chi connectivity index (χ2n) is 4.55. The first kappa shape index (κ1) is 14.4. The molecule has 0 bridgehead atoms. The maximum Gasteiger partial charge on any atom is 0.208 e. The topological polar surface area (TPSA) is 51.2 Å². The molecule has 3 heterocycles. The van der Waals surface area contributed by atoms with E-state index in [-0.39, 0.29) is 6.04 Å². The fourth-order valence-corrected chi connectivity index (χ4v) is 3.21. The minimum atomic E-state index is -0.0607. The molecule has 1 N–H and O–H groups in total. The van der Waals surface area contributed by atoms with Crippen molar-refractivity contribution in [3.8, 4) is 0 Å². The van der Waals surface area contributed by atoms with E-state index in [4.69, 9.17) is 20.4 Å². The fourth-order valence-electron chi connectivity index (χ4n) is 2.06. The Morgan fingerprint density at radius 3 is 2.90 bits per heavy atom. The van der Waals surface area contributed by atoms with Gasteiger partial charge in [0, 0.05) is 11.3 Å². The Labute approximate surface area is 131 Å². The molecule has 0 amide bonds. The molecule has 0 aliphatic heterocycles. The van der Waals surface area contributed by atoms with Crippen LogP contribution in [-0.4, -0.2) is 4.98 Å². The summed E-state index contributed by atoms with van der Waals surface area (Å²) in [5.41, 5.74) is 0. The van der Waals surface area contributed by atoms with Crippen molar-refractivity contribution in [2.75, 3.05) is 0 Å². The molecular formula is C15H15ClN2O2S. The quantitative estimate of drug-likeness (QED) is 0.729. The summed E-state index contributed by atoms with van der Waals surface area (Å²) in [5, 5.41) is 3.41. The third kappa shape index (κ3) is 3.37. The molecule has 1 atom stereocenters. The molecule has 1 unspecified atom stereocenters. The van der Waals surface area contributed by atoms with Gasteiger partial charge in [-0.1, -0.05) is 18.5 Å². The zero-order chi connectivity index (χ0) is 14.7. The molecule has 110 valence electrons. The number of halogens is 1. The van der Waals surface area contributed by atoms with Crippen LogP contribution in [0.15, 0.2) is 45.6 Å². The van der Waals surface area contributed by atoms with Crippen molar-refractivity contribution >= 4 is 22.9 Å². The number of rotatable bonds is 6. The third-order valence-corrected chi connectivity index (χ3v) is 4.41. The lowest BCUT2D eigenvalue weighted by Crippen LogP contribution is -2.20. The van der Waals surface area contributed by atoms with Gasteiger partial charge in [0.05, 0.1) is 23.3 Å². The maximum atomic E-state index is 6.03. The molecule has 6 heteroatoms. The highest BCUT2D eigenvalue weighted by Gasteiger charge is 2.19. The van der Waals surface area contributed by atoms with Crippen LogP contribution in [0.5, 0.6) is 0 Å². The Bertz CT molecular complexity index is 690. The number of nitrogens with one attached hydrogen (secondary N) is 1. The molecule has 3 aromatic heterocycles. The van der Waals surface area contributed by atoms with Gasteiger partial charge in [0.25, 0.3) is 0 Å². The number of hydrogen-bond acceptors (Lipinski definition) is 5. The van der Waals surface area contributed by atoms with Gasteiger partial charge in [-0.15, -0.1) is 11.3 Å². The van der Waals surface area contributed by atoms with Crippen LogP contribution < -0.4 is 5.32 Å². The molecule has 3 aromatic rings. The molecule has 0 radical (unpaired) electrons. The van der Waals surface area contributed by atoms with Gasteiger partial charge in [-0.3, -0.25) is 5.32 Å². The molecule has 0 saturated carbocycles. The molecule has 0 aliphatic rings. The van der Waals surface area contributed by atoms with Crippen molar-refractivity contribution < 1.29 is 8.83 Å². The SMILES string of the molecule is CCc1cnc(CNC(c2ccco2)c2ccc(Cl)s2)o1. The summed E-state index contributed by atoms with van der Waals surface area (Å²) in [4.78, 5) is 5.35. The zero-order valence-electron chi connectivity index (χ0n) is 11.5. The van der Waals surface area contributed by atoms with E-state index in [2.05, 4.69) is 10.3 Å². The molecular weight excluding hydrogens is 308 g/mol. The molecule has 3 rings (SSSR count). The van der Waals surface area contributed by atoms with E-state index in [9.17, 15) is 0 Å². The van der Waals surface area contributed by atoms with Crippen LogP contribution in [0.4, 0.5) is 0 Å². The van der Waals surface area contributed by atoms with Crippen molar-refractivity contribution in [1.82, 2.24) is 10.3 Å². The van der Waals surface area contributed by atoms with Crippen molar-refractivity contribution in [3.63, 3.8) is 0 Å². The summed E-state index contributed by atoms with van der Waals surface area (Å²) in [7, 11) is 0. The highest BCUT2D eigenvalue weighted by atomic mass is 35.5. The Kier molecular flexibility index (Phi) is 4.43. The smallest absolute Gasteiger partial charge is 0.208 e. The van der Waals surface area contributed by atoms with E-state index in [1.54, 1.807) is 12.5 Å². The summed E-state index contributed by atoms with van der Waals surface area (Å²) >= 11 is 7.57. The minimum Gasteiger partial charge on any atom is -0.467 e. The number of aromatic nitrogens is 1. The average molecular weight is 323 g/mol. The summed E-state index contributed by atoms with van der Waals surface area (Å²) in [6.07, 6.45) is 4.27. The van der Waals surface area contributed by atoms with Crippen LogP contribution in [0.3, 0.4) is 0 Å². The fraction of sp³-hybridized carbons (Fsp3) is 0.267. The molecule has 0 aromatic carbocycles. The van der Waals surface area contributed by atoms with Gasteiger partial charge in [-0.25, -0.2) is 4.98 Å². The number of hydrogen-bond donors (Lipinski definition) is 1. The monoisotopic (exact) mass is 322 g/mol. The van der Waals surface area contributed by atoms with Crippen molar-refractivity contribution in [2.45, 2.75) is 25.9 Å². The molecule has 21 heavy (non-hydrogen) atoms. The molecule has 0 aliphatic carbocycles. The van der Waals surface area contributed by atoms with E-state index in [0.717, 1.165) is 27.2 Å². The first-order valence-corrected chi connectivity index (χ1v) is 7.91. The maximum absolute atomic E-state index is 6.03. The van der Waals surface area contributed by atoms with Crippen LogP contribution >= 0.6 is 22.9 Å². The normalized spacial score (nSPS) is 12.7. The van der Waals surface area contributed by atoms with E-state index >= 15 is 0 Å². The van der Waals surface area contributed by atoms with Gasteiger partial charge in [0.1, 0.15) is 17.6 Å². The van der Waals surface area contributed by atoms with Crippen molar-refractivity contribution in [2.24, 2.45) is 0 Å². The van der Waals surface area contributed by atoms with Crippen LogP contribution in [0.2, 0.25) is 4.34 Å². The number of oxazole rings is 1. The number of thiophene rings is 1. The second kappa shape index (κ2) is 6.47. The summed E-state index contributed by atoms with van der Waals surface area (Å²) < 4.78 is 11.9. The standard InChI is InChI=1S/C15H15ClN2O2S/c1-2-10-8-17-14(20-10)9-18-15(11-4-3-7-19-11)12-5-6-13(16)21-12/h3-8,15,18H,2,9H2,1H3. The third-order valence-electron chi connectivity index (χ3n) is 3.11. The zero-order valence-corrected chi connectivity index (χ0v) is 13.1. The number of aryl methyl sites for hydroxylation is 1. The highest BCUT2D eigenvalue weighted by molar-refractivity contribution is 7.16. The summed E-state index contributed by atoms with van der Waals surface area (Å²) in [6.45, 7) is 2.57. The van der Waals surface area contributed by atoms with Crippen LogP contribution in [0.1, 0.15) is 35.3 Å². The van der Waals surface area contributed by atoms with Gasteiger partial charge in [-0.05, 0) is 24.3 Å². The lowest BCUT2D eigenvalue weighted by atomic mass is 10.2. The molecule has 0 saturated heterocycles. The Morgan fingerprint density at radius 2 is 2.29 bits per heavy atom. The lowest BCUT2D eigenvalue weighted by molar-refractivity contribution is 0.404. The Balaban J connectivity index is 1.76. The summed E-state index contributed by atoms with van der Waals surface area (Å²) in [5.74, 6) is 2.40. The average Bonchev–Trinajstić information content (AvgIpc) is 3.21. The molecule has 4 nitrogen and oxygen atoms in total. The van der Waals surface area contributed by atoms with Crippen molar-refractivity contribution in [3.05, 3.63) is 63.4 Å². The predicted molar refractivity (Wildman–Crippen MR) is 82.6 cm³/mol. The lowest BCUT2D eigenvalue weighted by Gasteiger charge is -2.13. The first-order chi connectivity index (χ1) is 10.3. The molecule has 0 spiro atoms. The number of furan rings is 1. The van der Waals surface area contributed by atoms with Crippen LogP contribution in [0.25, 0.3) is 0 Å². The van der Waals surface area contributed by atoms with Gasteiger partial charge >= 0.3 is 0 Å². The van der Waals surface area contributed by atoms with E-state index in [1.165, 1.54) is 11.3 Å². The largest absolute Gasteiger partial charge is 0.467 e. The van der Waals surface area contributed by atoms with Gasteiger partial charge in [0.2, 0.25) is 5.89 Å². The predicted octanol–water partition coefficient (Wildman–Crippen LogP) is 4.42. The second-order valence-corrected chi connectivity index (χ2v) is 6.29. The number of nitrogens with zero attached hydrogens (tertiary/aromatic N) is 1. The van der Waals surface area contributed by atoms with Gasteiger partial charge in [0.15, 0.2) is 0 Å². The van der Waals surface area contributed by atoms with E-state index in [1.807, 2.05) is 31.2 Å². The van der Waals surface area contributed by atoms with Gasteiger partial charge < -0.3 is 8.83 Å². The van der Waals surface area contributed by atoms with Crippen LogP contribution in [-0.2, 0) is 13.0 Å². The highest BCUT2D eigenvalue weighted by Crippen LogP contribution is 2.31. The van der Waals surface area contributed by atoms with Crippen LogP contribution in [0, 0.1) is 0 Å². The van der Waals surface area contributed by atoms with E-state index < -0.39 is 0 Å². The minimum absolute atomic E-state index is 0.0607. The summed E-state index contributed by atoms with van der Waals surface area (Å²) in [6, 6.07) is 7.65. The van der Waals surface area contributed by atoms with Crippen molar-refractivity contribution in [1.29, 1.82) is 0 Å². The van der Waals surface area contributed by atoms with Gasteiger partial charge in [-0.2, -0.15) is 0 Å². The Hall–Kier alpha value is -1.56. The van der Waals surface area contributed by atoms with E-state index in [0.29, 0.717) is 12.4 Å².